The van der Waals surface area contributed by atoms with Crippen molar-refractivity contribution in [3.8, 4) is 11.5 Å². The molecule has 1 heterocycles. The predicted molar refractivity (Wildman–Crippen MR) is 94.2 cm³/mol. The quantitative estimate of drug-likeness (QED) is 0.731. The van der Waals surface area contributed by atoms with E-state index in [0.717, 1.165) is 19.6 Å². The number of nitrogens with zero attached hydrogens (tertiary/aromatic N) is 2. The molecular formula is C17H26N2O4S. The lowest BCUT2D eigenvalue weighted by Gasteiger charge is -2.33. The molecule has 0 amide bonds. The van der Waals surface area contributed by atoms with Gasteiger partial charge in [-0.25, -0.2) is 8.42 Å². The number of hydrogen-bond acceptors (Lipinski definition) is 5. The first kappa shape index (κ1) is 18.8. The molecule has 1 saturated heterocycles. The molecule has 134 valence electrons. The van der Waals surface area contributed by atoms with Crippen molar-refractivity contribution in [2.45, 2.75) is 18.7 Å². The molecule has 0 radical (unpaired) electrons. The molecule has 2 rings (SSSR count). The van der Waals surface area contributed by atoms with Crippen LogP contribution in [0.2, 0.25) is 0 Å². The highest BCUT2D eigenvalue weighted by Crippen LogP contribution is 2.31. The Hall–Kier alpha value is -1.57. The molecular weight excluding hydrogens is 328 g/mol. The van der Waals surface area contributed by atoms with Gasteiger partial charge in [0, 0.05) is 38.8 Å². The Bertz CT molecular complexity index is 689. The van der Waals surface area contributed by atoms with Crippen molar-refractivity contribution in [3.63, 3.8) is 0 Å². The fourth-order valence-electron chi connectivity index (χ4n) is 2.59. The van der Waals surface area contributed by atoms with Crippen molar-refractivity contribution in [1.82, 2.24) is 9.21 Å². The Labute approximate surface area is 144 Å². The van der Waals surface area contributed by atoms with Gasteiger partial charge in [0.2, 0.25) is 10.0 Å². The maximum atomic E-state index is 13.0. The summed E-state index contributed by atoms with van der Waals surface area (Å²) < 4.78 is 37.8. The monoisotopic (exact) mass is 354 g/mol. The summed E-state index contributed by atoms with van der Waals surface area (Å²) in [5.74, 6) is 0.833. The average Bonchev–Trinajstić information content (AvgIpc) is 2.59. The van der Waals surface area contributed by atoms with Gasteiger partial charge in [0.05, 0.1) is 14.2 Å². The van der Waals surface area contributed by atoms with E-state index in [2.05, 4.69) is 24.8 Å². The zero-order valence-electron chi connectivity index (χ0n) is 14.8. The summed E-state index contributed by atoms with van der Waals surface area (Å²) in [5.41, 5.74) is 1.27. The minimum absolute atomic E-state index is 0.155. The number of ether oxygens (including phenoxy) is 2. The third-order valence-corrected chi connectivity index (χ3v) is 6.00. The van der Waals surface area contributed by atoms with E-state index in [9.17, 15) is 8.42 Å². The lowest BCUT2D eigenvalue weighted by atomic mass is 10.3. The zero-order valence-corrected chi connectivity index (χ0v) is 15.6. The van der Waals surface area contributed by atoms with Crippen LogP contribution in [0.15, 0.2) is 34.7 Å². The first-order valence-electron chi connectivity index (χ1n) is 7.96. The zero-order chi connectivity index (χ0) is 17.7. The minimum atomic E-state index is -3.61. The second-order valence-corrected chi connectivity index (χ2v) is 7.91. The van der Waals surface area contributed by atoms with E-state index < -0.39 is 10.0 Å². The molecule has 1 aromatic rings. The number of hydrogen-bond donors (Lipinski definition) is 0. The topological polar surface area (TPSA) is 59.1 Å². The number of methoxy groups -OCH3 is 2. The summed E-state index contributed by atoms with van der Waals surface area (Å²) in [6.45, 7) is 7.37. The fourth-order valence-corrected chi connectivity index (χ4v) is 4.18. The predicted octanol–water partition coefficient (Wildman–Crippen LogP) is 1.98. The smallest absolute Gasteiger partial charge is 0.246 e. The van der Waals surface area contributed by atoms with Crippen LogP contribution in [-0.2, 0) is 10.0 Å². The van der Waals surface area contributed by atoms with Gasteiger partial charge in [-0.2, -0.15) is 4.31 Å². The molecule has 0 unspecified atom stereocenters. The van der Waals surface area contributed by atoms with Crippen LogP contribution in [0.1, 0.15) is 13.8 Å². The van der Waals surface area contributed by atoms with Crippen LogP contribution in [0.3, 0.4) is 0 Å². The van der Waals surface area contributed by atoms with Gasteiger partial charge in [-0.15, -0.1) is 0 Å². The average molecular weight is 354 g/mol. The molecule has 0 N–H and O–H groups in total. The Morgan fingerprint density at radius 1 is 1.12 bits per heavy atom. The summed E-state index contributed by atoms with van der Waals surface area (Å²) in [5, 5.41) is 0. The van der Waals surface area contributed by atoms with Crippen molar-refractivity contribution in [2.75, 3.05) is 46.9 Å². The second-order valence-electron chi connectivity index (χ2n) is 6.00. The van der Waals surface area contributed by atoms with Crippen molar-refractivity contribution >= 4 is 10.0 Å². The van der Waals surface area contributed by atoms with Gasteiger partial charge in [-0.3, -0.25) is 4.90 Å². The largest absolute Gasteiger partial charge is 0.497 e. The number of rotatable bonds is 6. The Kier molecular flexibility index (Phi) is 6.26. The number of allylic oxidation sites excluding steroid dienone is 1. The van der Waals surface area contributed by atoms with Gasteiger partial charge in [-0.1, -0.05) is 11.6 Å². The first-order valence-corrected chi connectivity index (χ1v) is 9.40. The van der Waals surface area contributed by atoms with Crippen molar-refractivity contribution in [2.24, 2.45) is 0 Å². The van der Waals surface area contributed by atoms with Gasteiger partial charge < -0.3 is 9.47 Å². The molecule has 0 aromatic heterocycles. The third kappa shape index (κ3) is 4.28. The summed E-state index contributed by atoms with van der Waals surface area (Å²) in [6.07, 6.45) is 2.16. The summed E-state index contributed by atoms with van der Waals surface area (Å²) >= 11 is 0. The Balaban J connectivity index is 2.16. The molecule has 1 fully saturated rings. The van der Waals surface area contributed by atoms with E-state index in [-0.39, 0.29) is 4.90 Å². The van der Waals surface area contributed by atoms with E-state index in [1.807, 2.05) is 0 Å². The highest BCUT2D eigenvalue weighted by molar-refractivity contribution is 7.89. The summed E-state index contributed by atoms with van der Waals surface area (Å²) in [4.78, 5) is 2.41. The maximum absolute atomic E-state index is 13.0. The standard InChI is InChI=1S/C17H26N2O4S/c1-14(2)7-8-18-9-11-19(12-10-18)24(20,21)17-13-15(22-3)5-6-16(17)23-4/h5-7,13H,8-12H2,1-4H3. The van der Waals surface area contributed by atoms with Crippen LogP contribution < -0.4 is 9.47 Å². The van der Waals surface area contributed by atoms with E-state index in [0.29, 0.717) is 24.6 Å². The summed E-state index contributed by atoms with van der Waals surface area (Å²) in [7, 11) is -0.621. The van der Waals surface area contributed by atoms with E-state index in [4.69, 9.17) is 9.47 Å². The van der Waals surface area contributed by atoms with Gasteiger partial charge >= 0.3 is 0 Å². The van der Waals surface area contributed by atoms with Crippen LogP contribution in [0.4, 0.5) is 0 Å². The molecule has 0 spiro atoms. The molecule has 24 heavy (non-hydrogen) atoms. The van der Waals surface area contributed by atoms with Crippen molar-refractivity contribution in [3.05, 3.63) is 29.8 Å². The lowest BCUT2D eigenvalue weighted by Crippen LogP contribution is -2.48. The molecule has 0 saturated carbocycles. The van der Waals surface area contributed by atoms with Gasteiger partial charge in [0.15, 0.2) is 0 Å². The van der Waals surface area contributed by atoms with E-state index in [1.165, 1.54) is 30.2 Å². The second kappa shape index (κ2) is 8.00. The first-order chi connectivity index (χ1) is 11.4. The number of sulfonamides is 1. The molecule has 6 nitrogen and oxygen atoms in total. The SMILES string of the molecule is COc1ccc(OC)c(S(=O)(=O)N2CCN(CC=C(C)C)CC2)c1. The minimum Gasteiger partial charge on any atom is -0.497 e. The third-order valence-electron chi connectivity index (χ3n) is 4.08. The molecule has 1 aliphatic heterocycles. The van der Waals surface area contributed by atoms with Gasteiger partial charge in [0.1, 0.15) is 16.4 Å². The molecule has 0 atom stereocenters. The van der Waals surface area contributed by atoms with Crippen molar-refractivity contribution in [1.29, 1.82) is 0 Å². The van der Waals surface area contributed by atoms with Crippen LogP contribution >= 0.6 is 0 Å². The highest BCUT2D eigenvalue weighted by Gasteiger charge is 2.31. The normalized spacial score (nSPS) is 16.7. The lowest BCUT2D eigenvalue weighted by molar-refractivity contribution is 0.204. The van der Waals surface area contributed by atoms with Crippen LogP contribution in [0.5, 0.6) is 11.5 Å². The molecule has 1 aromatic carbocycles. The molecule has 0 bridgehead atoms. The molecule has 0 aliphatic carbocycles. The van der Waals surface area contributed by atoms with Crippen LogP contribution in [0, 0.1) is 0 Å². The molecule has 1 aliphatic rings. The fraction of sp³-hybridized carbons (Fsp3) is 0.529. The highest BCUT2D eigenvalue weighted by atomic mass is 32.2. The Morgan fingerprint density at radius 2 is 1.79 bits per heavy atom. The van der Waals surface area contributed by atoms with Gasteiger partial charge in [-0.05, 0) is 26.0 Å². The summed E-state index contributed by atoms with van der Waals surface area (Å²) in [6, 6.07) is 4.83. The van der Waals surface area contributed by atoms with Crippen LogP contribution in [0.25, 0.3) is 0 Å². The maximum Gasteiger partial charge on any atom is 0.246 e. The molecule has 7 heteroatoms. The number of piperazine rings is 1. The van der Waals surface area contributed by atoms with Crippen LogP contribution in [-0.4, -0.2) is 64.6 Å². The van der Waals surface area contributed by atoms with E-state index >= 15 is 0 Å². The number of benzene rings is 1. The van der Waals surface area contributed by atoms with Gasteiger partial charge in [0.25, 0.3) is 0 Å². The van der Waals surface area contributed by atoms with E-state index in [1.54, 1.807) is 12.1 Å². The Morgan fingerprint density at radius 3 is 2.33 bits per heavy atom. The van der Waals surface area contributed by atoms with Crippen molar-refractivity contribution < 1.29 is 17.9 Å².